The summed E-state index contributed by atoms with van der Waals surface area (Å²) < 4.78 is 7.39. The Hall–Kier alpha value is -2.84. The minimum absolute atomic E-state index is 0.216. The number of nitrogens with zero attached hydrogens (tertiary/aromatic N) is 5. The Kier molecular flexibility index (Phi) is 6.29. The topological polar surface area (TPSA) is 88.7 Å². The molecule has 0 bridgehead atoms. The number of rotatable bonds is 8. The van der Waals surface area contributed by atoms with E-state index in [9.17, 15) is 0 Å². The van der Waals surface area contributed by atoms with Gasteiger partial charge in [0.1, 0.15) is 0 Å². The van der Waals surface area contributed by atoms with Crippen molar-refractivity contribution < 1.29 is 4.74 Å². The predicted octanol–water partition coefficient (Wildman–Crippen LogP) is 3.64. The van der Waals surface area contributed by atoms with Gasteiger partial charge in [0.05, 0.1) is 24.4 Å². The molecule has 1 atom stereocenters. The molecule has 0 saturated heterocycles. The van der Waals surface area contributed by atoms with Crippen LogP contribution in [-0.2, 0) is 11.2 Å². The summed E-state index contributed by atoms with van der Waals surface area (Å²) in [6.45, 7) is 11.7. The van der Waals surface area contributed by atoms with Gasteiger partial charge in [0.25, 0.3) is 0 Å². The van der Waals surface area contributed by atoms with E-state index < -0.39 is 0 Å². The van der Waals surface area contributed by atoms with Crippen LogP contribution in [0.5, 0.6) is 0 Å². The van der Waals surface area contributed by atoms with Crippen molar-refractivity contribution in [3.63, 3.8) is 0 Å². The number of hydrogen-bond donors (Lipinski definition) is 2. The molecule has 0 fully saturated rings. The molecular weight excluding hydrogens is 390 g/mol. The summed E-state index contributed by atoms with van der Waals surface area (Å²) in [7, 11) is 0. The van der Waals surface area contributed by atoms with E-state index >= 15 is 0 Å². The summed E-state index contributed by atoms with van der Waals surface area (Å²) in [6.07, 6.45) is 6.79. The quantitative estimate of drug-likeness (QED) is 0.540. The lowest BCUT2D eigenvalue weighted by Gasteiger charge is -2.25. The Morgan fingerprint density at radius 1 is 1.19 bits per heavy atom. The van der Waals surface area contributed by atoms with Crippen LogP contribution in [0, 0.1) is 0 Å². The molecule has 4 heterocycles. The molecule has 1 unspecified atom stereocenters. The van der Waals surface area contributed by atoms with Crippen LogP contribution in [0.4, 0.5) is 11.8 Å². The Balaban J connectivity index is 1.54. The SMILES string of the molecule is CC1=Nc2ncc(-c3ccn4nc(NCCOC(C)C)ncc34)cc2CC1NC(C)C. The van der Waals surface area contributed by atoms with Crippen LogP contribution in [0.2, 0.25) is 0 Å². The van der Waals surface area contributed by atoms with Crippen LogP contribution in [0.1, 0.15) is 40.2 Å². The van der Waals surface area contributed by atoms with Crippen molar-refractivity contribution >= 4 is 23.0 Å². The van der Waals surface area contributed by atoms with Crippen LogP contribution in [0.3, 0.4) is 0 Å². The van der Waals surface area contributed by atoms with Crippen molar-refractivity contribution in [2.75, 3.05) is 18.5 Å². The third-order valence-electron chi connectivity index (χ3n) is 5.25. The highest BCUT2D eigenvalue weighted by Gasteiger charge is 2.22. The van der Waals surface area contributed by atoms with Crippen molar-refractivity contribution in [3.05, 3.63) is 36.3 Å². The monoisotopic (exact) mass is 421 g/mol. The molecule has 0 aromatic carbocycles. The van der Waals surface area contributed by atoms with Crippen molar-refractivity contribution in [1.29, 1.82) is 0 Å². The van der Waals surface area contributed by atoms with Crippen LogP contribution < -0.4 is 10.6 Å². The molecule has 3 aromatic rings. The normalized spacial score (nSPS) is 16.1. The van der Waals surface area contributed by atoms with E-state index in [1.54, 1.807) is 0 Å². The van der Waals surface area contributed by atoms with Gasteiger partial charge in [0.2, 0.25) is 5.95 Å². The van der Waals surface area contributed by atoms with Gasteiger partial charge in [-0.25, -0.2) is 19.5 Å². The highest BCUT2D eigenvalue weighted by atomic mass is 16.5. The highest BCUT2D eigenvalue weighted by Crippen LogP contribution is 2.31. The van der Waals surface area contributed by atoms with Crippen molar-refractivity contribution in [2.24, 2.45) is 4.99 Å². The number of fused-ring (bicyclic) bond motifs is 2. The molecule has 0 amide bonds. The third kappa shape index (κ3) is 4.91. The second-order valence-corrected chi connectivity index (χ2v) is 8.53. The molecule has 1 aliphatic rings. The van der Waals surface area contributed by atoms with Gasteiger partial charge in [0, 0.05) is 47.9 Å². The van der Waals surface area contributed by atoms with E-state index in [0.29, 0.717) is 25.1 Å². The number of hydrogen-bond acceptors (Lipinski definition) is 7. The van der Waals surface area contributed by atoms with Gasteiger partial charge in [-0.15, -0.1) is 5.10 Å². The number of anilines is 1. The number of nitrogens with one attached hydrogen (secondary N) is 2. The lowest BCUT2D eigenvalue weighted by atomic mass is 9.97. The molecular formula is C23H31N7O. The zero-order valence-corrected chi connectivity index (χ0v) is 18.9. The fourth-order valence-corrected chi connectivity index (χ4v) is 3.78. The maximum atomic E-state index is 5.55. The average Bonchev–Trinajstić information content (AvgIpc) is 3.14. The highest BCUT2D eigenvalue weighted by molar-refractivity contribution is 5.92. The molecule has 0 spiro atoms. The second kappa shape index (κ2) is 9.11. The van der Waals surface area contributed by atoms with Crippen molar-refractivity contribution in [1.82, 2.24) is 24.9 Å². The van der Waals surface area contributed by atoms with Crippen LogP contribution in [-0.4, -0.2) is 56.6 Å². The van der Waals surface area contributed by atoms with Gasteiger partial charge >= 0.3 is 0 Å². The molecule has 0 saturated carbocycles. The Bertz CT molecular complexity index is 1090. The van der Waals surface area contributed by atoms with Crippen molar-refractivity contribution in [2.45, 2.75) is 59.2 Å². The lowest BCUT2D eigenvalue weighted by Crippen LogP contribution is -2.42. The largest absolute Gasteiger partial charge is 0.377 e. The Labute approximate surface area is 183 Å². The molecule has 1 aliphatic heterocycles. The summed E-state index contributed by atoms with van der Waals surface area (Å²) in [6, 6.07) is 4.89. The molecule has 8 nitrogen and oxygen atoms in total. The predicted molar refractivity (Wildman–Crippen MR) is 124 cm³/mol. The maximum absolute atomic E-state index is 5.55. The average molecular weight is 422 g/mol. The third-order valence-corrected chi connectivity index (χ3v) is 5.25. The van der Waals surface area contributed by atoms with E-state index in [0.717, 1.165) is 40.2 Å². The number of ether oxygens (including phenoxy) is 1. The van der Waals surface area contributed by atoms with E-state index in [-0.39, 0.29) is 12.1 Å². The number of pyridine rings is 1. The van der Waals surface area contributed by atoms with E-state index in [1.165, 1.54) is 0 Å². The molecule has 31 heavy (non-hydrogen) atoms. The fourth-order valence-electron chi connectivity index (χ4n) is 3.78. The summed E-state index contributed by atoms with van der Waals surface area (Å²) >= 11 is 0. The molecule has 8 heteroatoms. The first-order chi connectivity index (χ1) is 14.9. The van der Waals surface area contributed by atoms with Gasteiger partial charge in [-0.3, -0.25) is 0 Å². The van der Waals surface area contributed by atoms with Crippen molar-refractivity contribution in [3.8, 4) is 11.1 Å². The maximum Gasteiger partial charge on any atom is 0.241 e. The lowest BCUT2D eigenvalue weighted by molar-refractivity contribution is 0.0869. The molecule has 2 N–H and O–H groups in total. The van der Waals surface area contributed by atoms with Gasteiger partial charge < -0.3 is 15.4 Å². The fraction of sp³-hybridized carbons (Fsp3) is 0.478. The smallest absolute Gasteiger partial charge is 0.241 e. The summed E-state index contributed by atoms with van der Waals surface area (Å²) in [4.78, 5) is 13.8. The molecule has 0 aliphatic carbocycles. The van der Waals surface area contributed by atoms with Gasteiger partial charge in [-0.1, -0.05) is 13.8 Å². The molecule has 3 aromatic heterocycles. The first kappa shape index (κ1) is 21.4. The molecule has 0 radical (unpaired) electrons. The standard InChI is InChI=1S/C23H31N7O/c1-14(2)27-20-11-17-10-18(12-25-22(17)28-16(20)5)19-6-8-30-21(19)13-26-23(29-30)24-7-9-31-15(3)4/h6,8,10,12-15,20,27H,7,9,11H2,1-5H3,(H,24,29). The van der Waals surface area contributed by atoms with E-state index in [1.807, 2.05) is 37.0 Å². The van der Waals surface area contributed by atoms with E-state index in [2.05, 4.69) is 58.6 Å². The Morgan fingerprint density at radius 3 is 2.81 bits per heavy atom. The minimum Gasteiger partial charge on any atom is -0.377 e. The molecule has 164 valence electrons. The summed E-state index contributed by atoms with van der Waals surface area (Å²) in [5, 5.41) is 11.4. The summed E-state index contributed by atoms with van der Waals surface area (Å²) in [5.41, 5.74) is 5.30. The summed E-state index contributed by atoms with van der Waals surface area (Å²) in [5.74, 6) is 1.40. The number of aliphatic imine (C=N–C) groups is 1. The zero-order chi connectivity index (χ0) is 22.0. The van der Waals surface area contributed by atoms with Gasteiger partial charge in [-0.05, 0) is 44.9 Å². The first-order valence-electron chi connectivity index (χ1n) is 10.9. The van der Waals surface area contributed by atoms with Gasteiger partial charge in [-0.2, -0.15) is 0 Å². The first-order valence-corrected chi connectivity index (χ1v) is 10.9. The zero-order valence-electron chi connectivity index (χ0n) is 18.9. The Morgan fingerprint density at radius 2 is 2.03 bits per heavy atom. The van der Waals surface area contributed by atoms with Gasteiger partial charge in [0.15, 0.2) is 5.82 Å². The van der Waals surface area contributed by atoms with Crippen LogP contribution >= 0.6 is 0 Å². The number of aromatic nitrogens is 4. The second-order valence-electron chi connectivity index (χ2n) is 8.53. The molecule has 4 rings (SSSR count). The van der Waals surface area contributed by atoms with E-state index in [4.69, 9.17) is 9.73 Å². The minimum atomic E-state index is 0.216. The van der Waals surface area contributed by atoms with Crippen LogP contribution in [0.15, 0.2) is 35.7 Å². The van der Waals surface area contributed by atoms with Crippen LogP contribution in [0.25, 0.3) is 16.6 Å².